The molecule has 1 saturated carbocycles. The van der Waals surface area contributed by atoms with E-state index < -0.39 is 0 Å². The maximum Gasteiger partial charge on any atom is 0.226 e. The molecule has 21 heavy (non-hydrogen) atoms. The Hall–Kier alpha value is -0.610. The number of piperidine rings is 1. The molecule has 3 fully saturated rings. The largest absolute Gasteiger partial charge is 0.342 e. The zero-order valence-electron chi connectivity index (χ0n) is 13.3. The van der Waals surface area contributed by atoms with Crippen molar-refractivity contribution in [2.75, 3.05) is 39.3 Å². The van der Waals surface area contributed by atoms with Gasteiger partial charge >= 0.3 is 0 Å². The van der Waals surface area contributed by atoms with E-state index in [2.05, 4.69) is 9.80 Å². The Bertz CT molecular complexity index is 354. The molecule has 4 nitrogen and oxygen atoms in total. The molecule has 2 saturated heterocycles. The van der Waals surface area contributed by atoms with Crippen LogP contribution in [0.2, 0.25) is 0 Å². The number of carbonyl (C=O) groups is 1. The van der Waals surface area contributed by atoms with Gasteiger partial charge in [-0.2, -0.15) is 0 Å². The molecular formula is C17H31N3O. The van der Waals surface area contributed by atoms with E-state index in [1.54, 1.807) is 0 Å². The smallest absolute Gasteiger partial charge is 0.226 e. The molecule has 0 bridgehead atoms. The molecule has 2 heterocycles. The number of rotatable bonds is 4. The number of amides is 1. The van der Waals surface area contributed by atoms with Crippen molar-refractivity contribution < 1.29 is 4.79 Å². The minimum Gasteiger partial charge on any atom is -0.342 e. The highest BCUT2D eigenvalue weighted by molar-refractivity contribution is 5.79. The highest BCUT2D eigenvalue weighted by Crippen LogP contribution is 2.33. The van der Waals surface area contributed by atoms with Gasteiger partial charge in [-0.25, -0.2) is 0 Å². The predicted molar refractivity (Wildman–Crippen MR) is 84.9 cm³/mol. The Morgan fingerprint density at radius 3 is 2.57 bits per heavy atom. The van der Waals surface area contributed by atoms with E-state index in [-0.39, 0.29) is 5.92 Å². The van der Waals surface area contributed by atoms with Gasteiger partial charge in [0.2, 0.25) is 5.91 Å². The predicted octanol–water partition coefficient (Wildman–Crippen LogP) is 1.70. The quantitative estimate of drug-likeness (QED) is 0.858. The van der Waals surface area contributed by atoms with E-state index in [1.807, 2.05) is 0 Å². The molecule has 3 atom stereocenters. The first-order valence-corrected chi connectivity index (χ1v) is 8.99. The lowest BCUT2D eigenvalue weighted by atomic mass is 9.95. The molecule has 0 radical (unpaired) electrons. The fourth-order valence-corrected chi connectivity index (χ4v) is 4.57. The van der Waals surface area contributed by atoms with Crippen LogP contribution in [0.25, 0.3) is 0 Å². The topological polar surface area (TPSA) is 49.6 Å². The van der Waals surface area contributed by atoms with Gasteiger partial charge in [-0.05, 0) is 63.6 Å². The molecule has 4 heteroatoms. The second-order valence-corrected chi connectivity index (χ2v) is 7.33. The second-order valence-electron chi connectivity index (χ2n) is 7.33. The highest BCUT2D eigenvalue weighted by Gasteiger charge is 2.37. The third-order valence-electron chi connectivity index (χ3n) is 5.84. The maximum absolute atomic E-state index is 12.7. The molecule has 0 spiro atoms. The standard InChI is InChI=1S/C17H31N3O/c18-11-15-5-4-6-16(15)17(21)20-10-7-14(13-20)12-19-8-2-1-3-9-19/h14-16H,1-13,18H2/t14?,15-,16-/m1/s1. The zero-order valence-corrected chi connectivity index (χ0v) is 13.3. The lowest BCUT2D eigenvalue weighted by Gasteiger charge is -2.29. The maximum atomic E-state index is 12.7. The summed E-state index contributed by atoms with van der Waals surface area (Å²) in [6, 6.07) is 0. The summed E-state index contributed by atoms with van der Waals surface area (Å²) in [6.07, 6.45) is 8.71. The molecule has 0 aromatic carbocycles. The third kappa shape index (κ3) is 3.59. The minimum absolute atomic E-state index is 0.226. The van der Waals surface area contributed by atoms with Crippen molar-refractivity contribution in [1.29, 1.82) is 0 Å². The first kappa shape index (κ1) is 15.3. The van der Waals surface area contributed by atoms with Crippen LogP contribution in [0, 0.1) is 17.8 Å². The molecule has 1 amide bonds. The average Bonchev–Trinajstić information content (AvgIpc) is 3.16. The van der Waals surface area contributed by atoms with Crippen LogP contribution in [-0.2, 0) is 4.79 Å². The molecule has 1 aliphatic carbocycles. The number of hydrogen-bond acceptors (Lipinski definition) is 3. The molecule has 3 rings (SSSR count). The molecule has 1 unspecified atom stereocenters. The summed E-state index contributed by atoms with van der Waals surface area (Å²) < 4.78 is 0. The fourth-order valence-electron chi connectivity index (χ4n) is 4.57. The van der Waals surface area contributed by atoms with Crippen LogP contribution in [0.1, 0.15) is 44.9 Å². The minimum atomic E-state index is 0.226. The molecule has 2 N–H and O–H groups in total. The van der Waals surface area contributed by atoms with Crippen molar-refractivity contribution in [3.63, 3.8) is 0 Å². The van der Waals surface area contributed by atoms with Crippen molar-refractivity contribution in [2.45, 2.75) is 44.9 Å². The molecule has 0 aromatic rings. The Morgan fingerprint density at radius 1 is 1.00 bits per heavy atom. The van der Waals surface area contributed by atoms with Gasteiger partial charge in [-0.1, -0.05) is 12.8 Å². The third-order valence-corrected chi connectivity index (χ3v) is 5.84. The lowest BCUT2D eigenvalue weighted by molar-refractivity contribution is -0.135. The number of nitrogens with zero attached hydrogens (tertiary/aromatic N) is 2. The van der Waals surface area contributed by atoms with Crippen molar-refractivity contribution in [3.05, 3.63) is 0 Å². The van der Waals surface area contributed by atoms with E-state index in [9.17, 15) is 4.79 Å². The summed E-state index contributed by atoms with van der Waals surface area (Å²) >= 11 is 0. The zero-order chi connectivity index (χ0) is 14.7. The van der Waals surface area contributed by atoms with Crippen molar-refractivity contribution >= 4 is 5.91 Å². The van der Waals surface area contributed by atoms with Crippen LogP contribution in [0.5, 0.6) is 0 Å². The van der Waals surface area contributed by atoms with Crippen LogP contribution in [0.15, 0.2) is 0 Å². The van der Waals surface area contributed by atoms with Crippen molar-refractivity contribution in [1.82, 2.24) is 9.80 Å². The molecule has 3 aliphatic rings. The van der Waals surface area contributed by atoms with Crippen molar-refractivity contribution in [3.8, 4) is 0 Å². The van der Waals surface area contributed by atoms with E-state index in [1.165, 1.54) is 51.7 Å². The monoisotopic (exact) mass is 293 g/mol. The van der Waals surface area contributed by atoms with Gasteiger partial charge in [0.25, 0.3) is 0 Å². The van der Waals surface area contributed by atoms with Crippen LogP contribution < -0.4 is 5.73 Å². The fraction of sp³-hybridized carbons (Fsp3) is 0.941. The Morgan fingerprint density at radius 2 is 1.81 bits per heavy atom. The summed E-state index contributed by atoms with van der Waals surface area (Å²) in [5, 5.41) is 0. The normalized spacial score (nSPS) is 34.5. The Kier molecular flexibility index (Phi) is 5.17. The molecule has 2 aliphatic heterocycles. The van der Waals surface area contributed by atoms with Gasteiger partial charge in [0.1, 0.15) is 0 Å². The summed E-state index contributed by atoms with van der Waals surface area (Å²) in [5.41, 5.74) is 5.83. The SMILES string of the molecule is NC[C@H]1CCC[C@H]1C(=O)N1CCC(CN2CCCCC2)C1. The Labute approximate surface area is 129 Å². The highest BCUT2D eigenvalue weighted by atomic mass is 16.2. The summed E-state index contributed by atoms with van der Waals surface area (Å²) in [7, 11) is 0. The first-order chi connectivity index (χ1) is 10.3. The lowest BCUT2D eigenvalue weighted by Crippen LogP contribution is -2.39. The van der Waals surface area contributed by atoms with Gasteiger partial charge in [0.15, 0.2) is 0 Å². The van der Waals surface area contributed by atoms with E-state index >= 15 is 0 Å². The molecule has 0 aromatic heterocycles. The van der Waals surface area contributed by atoms with E-state index in [0.717, 1.165) is 25.9 Å². The van der Waals surface area contributed by atoms with Gasteiger partial charge < -0.3 is 15.5 Å². The summed E-state index contributed by atoms with van der Waals surface area (Å²) in [5.74, 6) is 1.77. The van der Waals surface area contributed by atoms with E-state index in [4.69, 9.17) is 5.73 Å². The Balaban J connectivity index is 1.48. The number of likely N-dealkylation sites (tertiary alicyclic amines) is 2. The van der Waals surface area contributed by atoms with Gasteiger partial charge in [-0.15, -0.1) is 0 Å². The van der Waals surface area contributed by atoms with Gasteiger partial charge in [-0.3, -0.25) is 4.79 Å². The second kappa shape index (κ2) is 7.10. The van der Waals surface area contributed by atoms with Crippen molar-refractivity contribution in [2.24, 2.45) is 23.5 Å². The van der Waals surface area contributed by atoms with Crippen LogP contribution in [0.3, 0.4) is 0 Å². The summed E-state index contributed by atoms with van der Waals surface area (Å²) in [4.78, 5) is 17.5. The number of carbonyl (C=O) groups excluding carboxylic acids is 1. The first-order valence-electron chi connectivity index (χ1n) is 8.99. The van der Waals surface area contributed by atoms with Crippen LogP contribution >= 0.6 is 0 Å². The number of nitrogens with two attached hydrogens (primary N) is 1. The van der Waals surface area contributed by atoms with Crippen LogP contribution in [-0.4, -0.2) is 55.0 Å². The number of hydrogen-bond donors (Lipinski definition) is 1. The van der Waals surface area contributed by atoms with E-state index in [0.29, 0.717) is 24.3 Å². The molecular weight excluding hydrogens is 262 g/mol. The summed E-state index contributed by atoms with van der Waals surface area (Å²) in [6.45, 7) is 6.38. The van der Waals surface area contributed by atoms with Gasteiger partial charge in [0, 0.05) is 25.6 Å². The van der Waals surface area contributed by atoms with Gasteiger partial charge in [0.05, 0.1) is 0 Å². The van der Waals surface area contributed by atoms with Crippen LogP contribution in [0.4, 0.5) is 0 Å². The molecule has 120 valence electrons. The average molecular weight is 293 g/mol.